The molecule has 3 aromatic rings. The highest BCUT2D eigenvalue weighted by atomic mass is 15.4. The molecule has 0 N–H and O–H groups in total. The molecule has 1 aliphatic rings. The summed E-state index contributed by atoms with van der Waals surface area (Å²) in [5, 5.41) is 5.05. The van der Waals surface area contributed by atoms with Crippen molar-refractivity contribution in [2.75, 3.05) is 11.4 Å². The summed E-state index contributed by atoms with van der Waals surface area (Å²) in [6.07, 6.45) is 4.77. The highest BCUT2D eigenvalue weighted by molar-refractivity contribution is 5.85. The van der Waals surface area contributed by atoms with Crippen LogP contribution in [0.4, 0.5) is 5.82 Å². The fourth-order valence-corrected chi connectivity index (χ4v) is 5.42. The third-order valence-corrected chi connectivity index (χ3v) is 6.55. The van der Waals surface area contributed by atoms with Gasteiger partial charge in [-0.05, 0) is 77.5 Å². The molecular formula is C25H34N4. The van der Waals surface area contributed by atoms with Crippen molar-refractivity contribution in [3.63, 3.8) is 0 Å². The minimum Gasteiger partial charge on any atom is -0.353 e. The van der Waals surface area contributed by atoms with Gasteiger partial charge in [-0.2, -0.15) is 9.61 Å². The highest BCUT2D eigenvalue weighted by Gasteiger charge is 2.31. The molecule has 0 radical (unpaired) electrons. The van der Waals surface area contributed by atoms with Gasteiger partial charge in [0.05, 0.1) is 11.3 Å². The van der Waals surface area contributed by atoms with Crippen LogP contribution in [0.15, 0.2) is 12.1 Å². The lowest BCUT2D eigenvalue weighted by molar-refractivity contribution is 0.485. The first-order valence-corrected chi connectivity index (χ1v) is 11.1. The van der Waals surface area contributed by atoms with Crippen LogP contribution in [0.25, 0.3) is 16.8 Å². The number of nitrogens with zero attached hydrogens (tertiary/aromatic N) is 4. The normalized spacial score (nSPS) is 16.5. The van der Waals surface area contributed by atoms with Crippen LogP contribution in [0.3, 0.4) is 0 Å². The highest BCUT2D eigenvalue weighted by Crippen LogP contribution is 2.39. The molecule has 0 aliphatic carbocycles. The van der Waals surface area contributed by atoms with Crippen molar-refractivity contribution in [1.82, 2.24) is 14.6 Å². The van der Waals surface area contributed by atoms with Crippen molar-refractivity contribution in [3.8, 4) is 11.1 Å². The molecule has 0 bridgehead atoms. The Labute approximate surface area is 175 Å². The van der Waals surface area contributed by atoms with E-state index in [1.165, 1.54) is 58.5 Å². The number of aryl methyl sites for hydroxylation is 5. The Bertz CT molecular complexity index is 1050. The summed E-state index contributed by atoms with van der Waals surface area (Å²) in [6.45, 7) is 16.4. The molecule has 1 unspecified atom stereocenters. The van der Waals surface area contributed by atoms with Gasteiger partial charge in [0.1, 0.15) is 5.82 Å². The molecule has 0 amide bonds. The smallest absolute Gasteiger partial charge is 0.165 e. The van der Waals surface area contributed by atoms with Crippen molar-refractivity contribution in [3.05, 3.63) is 45.8 Å². The van der Waals surface area contributed by atoms with E-state index in [-0.39, 0.29) is 0 Å². The van der Waals surface area contributed by atoms with Crippen LogP contribution in [0.2, 0.25) is 0 Å². The second-order valence-electron chi connectivity index (χ2n) is 8.74. The molecule has 4 rings (SSSR count). The topological polar surface area (TPSA) is 33.4 Å². The number of benzene rings is 1. The largest absolute Gasteiger partial charge is 0.353 e. The third kappa shape index (κ3) is 3.13. The molecule has 0 saturated carbocycles. The van der Waals surface area contributed by atoms with Crippen LogP contribution in [0.5, 0.6) is 0 Å². The number of hydrogen-bond donors (Lipinski definition) is 0. The van der Waals surface area contributed by atoms with E-state index >= 15 is 0 Å². The Balaban J connectivity index is 2.02. The van der Waals surface area contributed by atoms with Crippen molar-refractivity contribution in [2.24, 2.45) is 0 Å². The van der Waals surface area contributed by atoms with E-state index < -0.39 is 0 Å². The fraction of sp³-hybridized carbons (Fsp3) is 0.520. The molecule has 0 saturated heterocycles. The van der Waals surface area contributed by atoms with Crippen LogP contribution >= 0.6 is 0 Å². The van der Waals surface area contributed by atoms with Crippen LogP contribution in [-0.2, 0) is 6.42 Å². The molecule has 1 aromatic carbocycles. The second kappa shape index (κ2) is 7.47. The lowest BCUT2D eigenvalue weighted by Gasteiger charge is -2.38. The number of hydrogen-bond acceptors (Lipinski definition) is 3. The number of fused-ring (bicyclic) bond motifs is 3. The average Bonchev–Trinajstić information content (AvgIpc) is 2.97. The van der Waals surface area contributed by atoms with Crippen molar-refractivity contribution >= 4 is 11.5 Å². The zero-order chi connectivity index (χ0) is 20.9. The quantitative estimate of drug-likeness (QED) is 0.558. The maximum Gasteiger partial charge on any atom is 0.165 e. The molecule has 2 aromatic heterocycles. The summed E-state index contributed by atoms with van der Waals surface area (Å²) in [7, 11) is 0. The van der Waals surface area contributed by atoms with E-state index in [2.05, 4.69) is 70.0 Å². The molecule has 1 atom stereocenters. The summed E-state index contributed by atoms with van der Waals surface area (Å²) in [5.41, 5.74) is 11.0. The third-order valence-electron chi connectivity index (χ3n) is 6.55. The summed E-state index contributed by atoms with van der Waals surface area (Å²) >= 11 is 0. The molecule has 4 nitrogen and oxygen atoms in total. The average molecular weight is 391 g/mol. The predicted molar refractivity (Wildman–Crippen MR) is 122 cm³/mol. The second-order valence-corrected chi connectivity index (χ2v) is 8.74. The van der Waals surface area contributed by atoms with Gasteiger partial charge >= 0.3 is 0 Å². The molecule has 1 aliphatic heterocycles. The van der Waals surface area contributed by atoms with Gasteiger partial charge in [0.25, 0.3) is 0 Å². The number of anilines is 1. The first-order chi connectivity index (χ1) is 13.9. The first-order valence-electron chi connectivity index (χ1n) is 11.1. The van der Waals surface area contributed by atoms with Gasteiger partial charge in [-0.25, -0.2) is 4.98 Å². The maximum absolute atomic E-state index is 5.10. The molecule has 3 heterocycles. The van der Waals surface area contributed by atoms with Crippen LogP contribution < -0.4 is 4.90 Å². The molecule has 154 valence electrons. The van der Waals surface area contributed by atoms with E-state index in [0.717, 1.165) is 30.0 Å². The Hall–Kier alpha value is -2.36. The van der Waals surface area contributed by atoms with Gasteiger partial charge in [0, 0.05) is 23.8 Å². The molecule has 29 heavy (non-hydrogen) atoms. The van der Waals surface area contributed by atoms with E-state index in [1.54, 1.807) is 0 Å². The van der Waals surface area contributed by atoms with Crippen LogP contribution in [0, 0.1) is 34.6 Å². The summed E-state index contributed by atoms with van der Waals surface area (Å²) in [4.78, 5) is 7.68. The Morgan fingerprint density at radius 1 is 0.966 bits per heavy atom. The van der Waals surface area contributed by atoms with E-state index in [1.807, 2.05) is 0 Å². The van der Waals surface area contributed by atoms with E-state index in [4.69, 9.17) is 10.1 Å². The van der Waals surface area contributed by atoms with Gasteiger partial charge < -0.3 is 4.90 Å². The zero-order valence-corrected chi connectivity index (χ0v) is 19.1. The van der Waals surface area contributed by atoms with E-state index in [9.17, 15) is 0 Å². The molecule has 0 spiro atoms. The Morgan fingerprint density at radius 3 is 2.28 bits per heavy atom. The lowest BCUT2D eigenvalue weighted by Crippen LogP contribution is -2.41. The summed E-state index contributed by atoms with van der Waals surface area (Å²) in [5.74, 6) is 1.27. The molecule has 0 fully saturated rings. The first kappa shape index (κ1) is 19.9. The van der Waals surface area contributed by atoms with Crippen molar-refractivity contribution < 1.29 is 0 Å². The number of rotatable bonds is 4. The van der Waals surface area contributed by atoms with Gasteiger partial charge in [0.15, 0.2) is 5.65 Å². The predicted octanol–water partition coefficient (Wildman–Crippen LogP) is 5.88. The van der Waals surface area contributed by atoms with Crippen LogP contribution in [0.1, 0.15) is 66.8 Å². The van der Waals surface area contributed by atoms with Gasteiger partial charge in [-0.1, -0.05) is 31.0 Å². The lowest BCUT2D eigenvalue weighted by atomic mass is 9.93. The van der Waals surface area contributed by atoms with Gasteiger partial charge in [-0.15, -0.1) is 0 Å². The van der Waals surface area contributed by atoms with Gasteiger partial charge in [-0.3, -0.25) is 0 Å². The van der Waals surface area contributed by atoms with Crippen LogP contribution in [-0.4, -0.2) is 27.2 Å². The minimum absolute atomic E-state index is 0.596. The SMILES string of the molecule is CCCC1CCc2c(C)nc3c(-c4c(C)cc(C)cc4C)c(C)nn3c2N1CC. The fourth-order valence-electron chi connectivity index (χ4n) is 5.42. The minimum atomic E-state index is 0.596. The maximum atomic E-state index is 5.10. The summed E-state index contributed by atoms with van der Waals surface area (Å²) < 4.78 is 2.15. The Kier molecular flexibility index (Phi) is 5.14. The van der Waals surface area contributed by atoms with Crippen molar-refractivity contribution in [2.45, 2.75) is 80.2 Å². The standard InChI is InChI=1S/C25H34N4/c1-8-10-20-11-12-21-18(6)26-24-23(22-16(4)13-15(3)14-17(22)5)19(7)27-29(24)25(21)28(20)9-2/h13-14,20H,8-12H2,1-7H3. The monoisotopic (exact) mass is 390 g/mol. The van der Waals surface area contributed by atoms with E-state index in [0.29, 0.717) is 6.04 Å². The number of aromatic nitrogens is 3. The summed E-state index contributed by atoms with van der Waals surface area (Å²) in [6, 6.07) is 5.14. The molecule has 4 heteroatoms. The van der Waals surface area contributed by atoms with Gasteiger partial charge in [0.2, 0.25) is 0 Å². The Morgan fingerprint density at radius 2 is 1.66 bits per heavy atom. The molecular weight excluding hydrogens is 356 g/mol. The van der Waals surface area contributed by atoms with Crippen molar-refractivity contribution in [1.29, 1.82) is 0 Å². The zero-order valence-electron chi connectivity index (χ0n) is 19.1.